The van der Waals surface area contributed by atoms with Crippen molar-refractivity contribution in [1.82, 2.24) is 0 Å². The van der Waals surface area contributed by atoms with E-state index in [9.17, 15) is 10.2 Å². The molecular formula is C14H32O4Si. The second-order valence-electron chi connectivity index (χ2n) is 6.63. The van der Waals surface area contributed by atoms with Gasteiger partial charge in [0.05, 0.1) is 13.2 Å². The molecule has 0 aliphatic rings. The van der Waals surface area contributed by atoms with E-state index in [1.165, 1.54) is 0 Å². The lowest BCUT2D eigenvalue weighted by Gasteiger charge is -2.37. The van der Waals surface area contributed by atoms with E-state index in [0.717, 1.165) is 12.8 Å². The van der Waals surface area contributed by atoms with Gasteiger partial charge in [-0.05, 0) is 24.6 Å². The van der Waals surface area contributed by atoms with E-state index in [0.29, 0.717) is 6.61 Å². The summed E-state index contributed by atoms with van der Waals surface area (Å²) >= 11 is 0. The summed E-state index contributed by atoms with van der Waals surface area (Å²) in [5.41, 5.74) is 0. The molecular weight excluding hydrogens is 260 g/mol. The highest BCUT2D eigenvalue weighted by atomic mass is 28.4. The molecule has 0 radical (unpaired) electrons. The van der Waals surface area contributed by atoms with Crippen LogP contribution in [0.25, 0.3) is 0 Å². The zero-order chi connectivity index (χ0) is 15.1. The zero-order valence-electron chi connectivity index (χ0n) is 13.4. The summed E-state index contributed by atoms with van der Waals surface area (Å²) in [4.78, 5) is 0. The minimum Gasteiger partial charge on any atom is -0.414 e. The van der Waals surface area contributed by atoms with Crippen molar-refractivity contribution in [2.75, 3.05) is 19.8 Å². The van der Waals surface area contributed by atoms with E-state index >= 15 is 0 Å². The third kappa shape index (κ3) is 7.42. The predicted octanol–water partition coefficient (Wildman–Crippen LogP) is 2.55. The highest BCUT2D eigenvalue weighted by molar-refractivity contribution is 6.74. The molecule has 0 fully saturated rings. The van der Waals surface area contributed by atoms with E-state index in [1.807, 2.05) is 0 Å². The van der Waals surface area contributed by atoms with Crippen LogP contribution in [0.3, 0.4) is 0 Å². The van der Waals surface area contributed by atoms with Gasteiger partial charge in [-0.1, -0.05) is 34.1 Å². The largest absolute Gasteiger partial charge is 0.414 e. The van der Waals surface area contributed by atoms with Gasteiger partial charge in [-0.3, -0.25) is 0 Å². The van der Waals surface area contributed by atoms with Gasteiger partial charge in [-0.25, -0.2) is 0 Å². The van der Waals surface area contributed by atoms with Crippen molar-refractivity contribution >= 4 is 8.32 Å². The topological polar surface area (TPSA) is 58.9 Å². The van der Waals surface area contributed by atoms with E-state index < -0.39 is 20.5 Å². The van der Waals surface area contributed by atoms with Gasteiger partial charge in [0.25, 0.3) is 0 Å². The van der Waals surface area contributed by atoms with Gasteiger partial charge in [0.2, 0.25) is 0 Å². The van der Waals surface area contributed by atoms with Crippen molar-refractivity contribution in [3.63, 3.8) is 0 Å². The molecule has 116 valence electrons. The Morgan fingerprint density at radius 2 is 1.58 bits per heavy atom. The molecule has 4 nitrogen and oxygen atoms in total. The summed E-state index contributed by atoms with van der Waals surface area (Å²) in [5, 5.41) is 19.8. The summed E-state index contributed by atoms with van der Waals surface area (Å²) < 4.78 is 11.2. The Morgan fingerprint density at radius 1 is 1.05 bits per heavy atom. The van der Waals surface area contributed by atoms with Crippen molar-refractivity contribution < 1.29 is 19.4 Å². The van der Waals surface area contributed by atoms with Gasteiger partial charge in [-0.15, -0.1) is 0 Å². The molecule has 0 spiro atoms. The lowest BCUT2D eigenvalue weighted by atomic mass is 10.2. The van der Waals surface area contributed by atoms with Gasteiger partial charge in [0.1, 0.15) is 12.2 Å². The van der Waals surface area contributed by atoms with E-state index in [1.54, 1.807) is 0 Å². The van der Waals surface area contributed by atoms with Crippen LogP contribution in [-0.4, -0.2) is 50.6 Å². The normalized spacial score (nSPS) is 16.4. The fourth-order valence-electron chi connectivity index (χ4n) is 1.18. The summed E-state index contributed by atoms with van der Waals surface area (Å²) in [6.45, 7) is 13.8. The van der Waals surface area contributed by atoms with Crippen LogP contribution in [0.15, 0.2) is 0 Å². The van der Waals surface area contributed by atoms with Gasteiger partial charge in [0, 0.05) is 6.61 Å². The van der Waals surface area contributed by atoms with Crippen LogP contribution in [0, 0.1) is 0 Å². The molecule has 0 saturated heterocycles. The van der Waals surface area contributed by atoms with Gasteiger partial charge >= 0.3 is 0 Å². The Morgan fingerprint density at radius 3 is 2.05 bits per heavy atom. The number of rotatable bonds is 9. The Labute approximate surface area is 119 Å². The predicted molar refractivity (Wildman–Crippen MR) is 80.9 cm³/mol. The quantitative estimate of drug-likeness (QED) is 0.506. The molecule has 2 N–H and O–H groups in total. The van der Waals surface area contributed by atoms with E-state index in [-0.39, 0.29) is 18.3 Å². The van der Waals surface area contributed by atoms with Crippen LogP contribution in [0.2, 0.25) is 18.1 Å². The number of aliphatic hydroxyl groups excluding tert-OH is 2. The number of ether oxygens (including phenoxy) is 1. The molecule has 0 heterocycles. The Kier molecular flexibility index (Phi) is 8.39. The Balaban J connectivity index is 3.99. The average Bonchev–Trinajstić information content (AvgIpc) is 2.30. The zero-order valence-corrected chi connectivity index (χ0v) is 14.4. The maximum absolute atomic E-state index is 9.87. The molecule has 1 unspecified atom stereocenters. The molecule has 0 aromatic heterocycles. The van der Waals surface area contributed by atoms with Crippen molar-refractivity contribution in [2.24, 2.45) is 0 Å². The van der Waals surface area contributed by atoms with Crippen LogP contribution >= 0.6 is 0 Å². The summed E-state index contributed by atoms with van der Waals surface area (Å²) in [6.07, 6.45) is 0.286. The molecule has 0 amide bonds. The average molecular weight is 292 g/mol. The second-order valence-corrected chi connectivity index (χ2v) is 11.4. The molecule has 0 bridgehead atoms. The molecule has 0 aliphatic carbocycles. The Bertz CT molecular complexity index is 238. The molecule has 0 aromatic carbocycles. The number of hydrogen-bond acceptors (Lipinski definition) is 4. The first kappa shape index (κ1) is 19.1. The SMILES string of the molecule is CCCCOC[C@H](O)C(O)CO[Si](C)(C)C(C)(C)C. The summed E-state index contributed by atoms with van der Waals surface area (Å²) in [7, 11) is -1.87. The molecule has 19 heavy (non-hydrogen) atoms. The lowest BCUT2D eigenvalue weighted by molar-refractivity contribution is -0.0549. The van der Waals surface area contributed by atoms with Gasteiger partial charge in [-0.2, -0.15) is 0 Å². The van der Waals surface area contributed by atoms with E-state index in [2.05, 4.69) is 40.8 Å². The minimum absolute atomic E-state index is 0.106. The van der Waals surface area contributed by atoms with E-state index in [4.69, 9.17) is 9.16 Å². The summed E-state index contributed by atoms with van der Waals surface area (Å²) in [6, 6.07) is 0. The third-order valence-electron chi connectivity index (χ3n) is 3.80. The van der Waals surface area contributed by atoms with Gasteiger partial charge in [0.15, 0.2) is 8.32 Å². The highest BCUT2D eigenvalue weighted by Crippen LogP contribution is 2.36. The fourth-order valence-corrected chi connectivity index (χ4v) is 2.20. The molecule has 0 aliphatic heterocycles. The first-order chi connectivity index (χ1) is 8.62. The van der Waals surface area contributed by atoms with Crippen LogP contribution < -0.4 is 0 Å². The molecule has 0 saturated carbocycles. The monoisotopic (exact) mass is 292 g/mol. The van der Waals surface area contributed by atoms with Crippen LogP contribution in [0.4, 0.5) is 0 Å². The maximum Gasteiger partial charge on any atom is 0.192 e. The third-order valence-corrected chi connectivity index (χ3v) is 8.30. The summed E-state index contributed by atoms with van der Waals surface area (Å²) in [5.74, 6) is 0. The van der Waals surface area contributed by atoms with Crippen molar-refractivity contribution in [3.8, 4) is 0 Å². The van der Waals surface area contributed by atoms with Crippen molar-refractivity contribution in [3.05, 3.63) is 0 Å². The molecule has 0 rings (SSSR count). The first-order valence-corrected chi connectivity index (χ1v) is 10.1. The minimum atomic E-state index is -1.87. The number of hydrogen-bond donors (Lipinski definition) is 2. The molecule has 5 heteroatoms. The number of aliphatic hydroxyl groups is 2. The first-order valence-electron chi connectivity index (χ1n) is 7.19. The highest BCUT2D eigenvalue weighted by Gasteiger charge is 2.37. The van der Waals surface area contributed by atoms with Crippen LogP contribution in [0.5, 0.6) is 0 Å². The second kappa shape index (κ2) is 8.37. The van der Waals surface area contributed by atoms with Crippen LogP contribution in [0.1, 0.15) is 40.5 Å². The number of unbranched alkanes of at least 4 members (excludes halogenated alkanes) is 1. The molecule has 0 aromatic rings. The molecule has 2 atom stereocenters. The van der Waals surface area contributed by atoms with Crippen molar-refractivity contribution in [2.45, 2.75) is 70.9 Å². The smallest absolute Gasteiger partial charge is 0.192 e. The maximum atomic E-state index is 9.87. The lowest BCUT2D eigenvalue weighted by Crippen LogP contribution is -2.45. The fraction of sp³-hybridized carbons (Fsp3) is 1.00. The van der Waals surface area contributed by atoms with Crippen LogP contribution in [-0.2, 0) is 9.16 Å². The van der Waals surface area contributed by atoms with Gasteiger partial charge < -0.3 is 19.4 Å². The van der Waals surface area contributed by atoms with Crippen molar-refractivity contribution in [1.29, 1.82) is 0 Å². The standard InChI is InChI=1S/C14H32O4Si/c1-7-8-9-17-10-12(15)13(16)11-18-19(5,6)14(2,3)4/h12-13,15-16H,7-11H2,1-6H3/t12-,13?/m0/s1. The Hall–Kier alpha value is 0.0569.